The maximum atomic E-state index is 12.3. The van der Waals surface area contributed by atoms with E-state index in [1.807, 2.05) is 0 Å². The van der Waals surface area contributed by atoms with Crippen LogP contribution >= 0.6 is 11.3 Å². The van der Waals surface area contributed by atoms with Gasteiger partial charge in [-0.2, -0.15) is 5.26 Å². The number of hydrogen-bond acceptors (Lipinski definition) is 7. The normalized spacial score (nSPS) is 18.6. The number of nitrogens with zero attached hydrogens (tertiary/aromatic N) is 3. The van der Waals surface area contributed by atoms with Gasteiger partial charge in [0.2, 0.25) is 0 Å². The van der Waals surface area contributed by atoms with Crippen LogP contribution in [0.3, 0.4) is 0 Å². The molecule has 0 amide bonds. The Hall–Kier alpha value is -3.31. The smallest absolute Gasteiger partial charge is 0.350 e. The van der Waals surface area contributed by atoms with Crippen LogP contribution in [0.5, 0.6) is 0 Å². The summed E-state index contributed by atoms with van der Waals surface area (Å²) >= 11 is 1.17. The van der Waals surface area contributed by atoms with Crippen molar-refractivity contribution in [1.82, 2.24) is 4.98 Å². The largest absolute Gasteiger partial charge is 0.481 e. The lowest BCUT2D eigenvalue weighted by molar-refractivity contribution is -0.139. The van der Waals surface area contributed by atoms with Crippen LogP contribution in [0.4, 0.5) is 0 Å². The molecule has 1 aliphatic heterocycles. The zero-order chi connectivity index (χ0) is 22.0. The number of thiazole rings is 1. The van der Waals surface area contributed by atoms with Crippen molar-refractivity contribution in [1.29, 1.82) is 5.26 Å². The van der Waals surface area contributed by atoms with Gasteiger partial charge in [0.15, 0.2) is 0 Å². The van der Waals surface area contributed by atoms with E-state index in [1.165, 1.54) is 11.3 Å². The Morgan fingerprint density at radius 3 is 2.67 bits per heavy atom. The monoisotopic (exact) mass is 423 g/mol. The average molecular weight is 423 g/mol. The standard InChI is InChI=1S/C22H21N3O4S/c1-5-29-22(28)19-13(4)25-20(30-19)16-11(2)24-12(3)17(21(26)27)18(16)15-8-6-7-14(9-15)10-23/h6-9,17-18H,5H2,1-4H3,(H,26,27). The molecule has 2 unspecified atom stereocenters. The SMILES string of the molecule is CCOC(=O)c1sc(C2=C(C)N=C(C)C(C(=O)O)C2c2cccc(C#N)c2)nc1C. The molecule has 1 aromatic heterocycles. The van der Waals surface area contributed by atoms with E-state index in [0.29, 0.717) is 43.7 Å². The molecule has 1 aromatic carbocycles. The Morgan fingerprint density at radius 1 is 1.30 bits per heavy atom. The van der Waals surface area contributed by atoms with E-state index in [1.54, 1.807) is 52.0 Å². The molecule has 0 saturated heterocycles. The molecule has 3 rings (SSSR count). The van der Waals surface area contributed by atoms with E-state index in [9.17, 15) is 20.0 Å². The molecular weight excluding hydrogens is 402 g/mol. The van der Waals surface area contributed by atoms with Gasteiger partial charge in [-0.3, -0.25) is 9.79 Å². The first-order chi connectivity index (χ1) is 14.3. The molecule has 2 heterocycles. The quantitative estimate of drug-likeness (QED) is 0.722. The van der Waals surface area contributed by atoms with Crippen molar-refractivity contribution in [3.05, 3.63) is 56.7 Å². The Bertz CT molecular complexity index is 1120. The summed E-state index contributed by atoms with van der Waals surface area (Å²) in [7, 11) is 0. The number of carbonyl (C=O) groups is 2. The average Bonchev–Trinajstić information content (AvgIpc) is 3.08. The Kier molecular flexibility index (Phi) is 6.13. The van der Waals surface area contributed by atoms with Gasteiger partial charge in [0.25, 0.3) is 0 Å². The van der Waals surface area contributed by atoms with Crippen molar-refractivity contribution < 1.29 is 19.4 Å². The molecule has 2 aromatic rings. The summed E-state index contributed by atoms with van der Waals surface area (Å²) in [5.74, 6) is -2.96. The van der Waals surface area contributed by atoms with Crippen molar-refractivity contribution >= 4 is 34.6 Å². The summed E-state index contributed by atoms with van der Waals surface area (Å²) in [6.45, 7) is 7.20. The van der Waals surface area contributed by atoms with Gasteiger partial charge in [0.1, 0.15) is 15.8 Å². The number of aryl methyl sites for hydroxylation is 1. The molecule has 30 heavy (non-hydrogen) atoms. The van der Waals surface area contributed by atoms with Gasteiger partial charge >= 0.3 is 11.9 Å². The predicted molar refractivity (Wildman–Crippen MR) is 114 cm³/mol. The molecule has 0 fully saturated rings. The minimum Gasteiger partial charge on any atom is -0.481 e. The van der Waals surface area contributed by atoms with Gasteiger partial charge in [-0.05, 0) is 45.4 Å². The number of hydrogen-bond donors (Lipinski definition) is 1. The summed E-state index contributed by atoms with van der Waals surface area (Å²) in [5.41, 5.74) is 3.42. The van der Waals surface area contributed by atoms with Crippen LogP contribution in [-0.2, 0) is 9.53 Å². The third-order valence-corrected chi connectivity index (χ3v) is 6.13. The molecule has 7 nitrogen and oxygen atoms in total. The zero-order valence-electron chi connectivity index (χ0n) is 17.1. The fourth-order valence-electron chi connectivity index (χ4n) is 3.69. The number of aliphatic imine (C=N–C) groups is 1. The number of benzene rings is 1. The molecule has 1 N–H and O–H groups in total. The van der Waals surface area contributed by atoms with Gasteiger partial charge in [0.05, 0.1) is 23.9 Å². The van der Waals surface area contributed by atoms with E-state index >= 15 is 0 Å². The highest BCUT2D eigenvalue weighted by molar-refractivity contribution is 7.14. The van der Waals surface area contributed by atoms with Crippen LogP contribution in [0.1, 0.15) is 58.2 Å². The van der Waals surface area contributed by atoms with Crippen LogP contribution in [0, 0.1) is 24.2 Å². The van der Waals surface area contributed by atoms with Crippen LogP contribution < -0.4 is 0 Å². The molecule has 0 radical (unpaired) electrons. The fraction of sp³-hybridized carbons (Fsp3) is 0.318. The molecule has 0 aliphatic carbocycles. The summed E-state index contributed by atoms with van der Waals surface area (Å²) in [5, 5.41) is 19.8. The number of carbonyl (C=O) groups excluding carboxylic acids is 1. The third-order valence-electron chi connectivity index (χ3n) is 4.96. The zero-order valence-corrected chi connectivity index (χ0v) is 17.9. The van der Waals surface area contributed by atoms with E-state index < -0.39 is 23.8 Å². The van der Waals surface area contributed by atoms with Crippen LogP contribution in [-0.4, -0.2) is 34.3 Å². The number of ether oxygens (including phenoxy) is 1. The lowest BCUT2D eigenvalue weighted by Gasteiger charge is -2.30. The van der Waals surface area contributed by atoms with Gasteiger partial charge in [0, 0.05) is 22.9 Å². The van der Waals surface area contributed by atoms with Crippen molar-refractivity contribution in [2.24, 2.45) is 10.9 Å². The lowest BCUT2D eigenvalue weighted by Crippen LogP contribution is -2.32. The first-order valence-corrected chi connectivity index (χ1v) is 10.2. The summed E-state index contributed by atoms with van der Waals surface area (Å²) < 4.78 is 5.11. The number of aliphatic carboxylic acids is 1. The van der Waals surface area contributed by atoms with Crippen molar-refractivity contribution in [2.45, 2.75) is 33.6 Å². The maximum absolute atomic E-state index is 12.3. The highest BCUT2D eigenvalue weighted by Crippen LogP contribution is 2.45. The predicted octanol–water partition coefficient (Wildman–Crippen LogP) is 4.19. The first kappa shape index (κ1) is 21.4. The molecule has 0 bridgehead atoms. The number of nitriles is 1. The lowest BCUT2D eigenvalue weighted by atomic mass is 9.75. The number of aromatic nitrogens is 1. The third kappa shape index (κ3) is 3.89. The van der Waals surface area contributed by atoms with Crippen LogP contribution in [0.15, 0.2) is 35.0 Å². The Morgan fingerprint density at radius 2 is 2.03 bits per heavy atom. The Balaban J connectivity index is 2.22. The number of allylic oxidation sites excluding steroid dienone is 2. The van der Waals surface area contributed by atoms with Crippen molar-refractivity contribution in [3.63, 3.8) is 0 Å². The number of carboxylic acid groups (broad SMARTS) is 1. The number of rotatable bonds is 5. The fourth-order valence-corrected chi connectivity index (χ4v) is 4.79. The molecular formula is C22H21N3O4S. The molecule has 154 valence electrons. The highest BCUT2D eigenvalue weighted by atomic mass is 32.1. The first-order valence-electron chi connectivity index (χ1n) is 9.42. The molecule has 8 heteroatoms. The van der Waals surface area contributed by atoms with Crippen molar-refractivity contribution in [3.8, 4) is 6.07 Å². The van der Waals surface area contributed by atoms with Gasteiger partial charge in [-0.25, -0.2) is 9.78 Å². The number of carboxylic acids is 1. The second-order valence-electron chi connectivity index (χ2n) is 6.94. The topological polar surface area (TPSA) is 113 Å². The maximum Gasteiger partial charge on any atom is 0.350 e. The summed E-state index contributed by atoms with van der Waals surface area (Å²) in [4.78, 5) is 33.9. The van der Waals surface area contributed by atoms with Crippen LogP contribution in [0.2, 0.25) is 0 Å². The number of esters is 1. The second kappa shape index (κ2) is 8.59. The van der Waals surface area contributed by atoms with E-state index in [4.69, 9.17) is 4.74 Å². The second-order valence-corrected chi connectivity index (χ2v) is 7.94. The minimum absolute atomic E-state index is 0.251. The minimum atomic E-state index is -1.01. The highest BCUT2D eigenvalue weighted by Gasteiger charge is 2.40. The Labute approximate surface area is 178 Å². The summed E-state index contributed by atoms with van der Waals surface area (Å²) in [6.07, 6.45) is 0. The van der Waals surface area contributed by atoms with Crippen LogP contribution in [0.25, 0.3) is 5.57 Å². The summed E-state index contributed by atoms with van der Waals surface area (Å²) in [6, 6.07) is 9.01. The van der Waals surface area contributed by atoms with Crippen molar-refractivity contribution in [2.75, 3.05) is 6.61 Å². The van der Waals surface area contributed by atoms with Gasteiger partial charge < -0.3 is 9.84 Å². The van der Waals surface area contributed by atoms with E-state index in [0.717, 1.165) is 0 Å². The molecule has 0 saturated carbocycles. The van der Waals surface area contributed by atoms with Gasteiger partial charge in [-0.1, -0.05) is 12.1 Å². The molecule has 0 spiro atoms. The van der Waals surface area contributed by atoms with E-state index in [2.05, 4.69) is 16.0 Å². The van der Waals surface area contributed by atoms with E-state index in [-0.39, 0.29) is 6.61 Å². The molecule has 2 atom stereocenters. The van der Waals surface area contributed by atoms with Gasteiger partial charge in [-0.15, -0.1) is 11.3 Å². The molecule has 1 aliphatic rings.